The Bertz CT molecular complexity index is 750. The molecule has 0 saturated heterocycles. The van der Waals surface area contributed by atoms with Crippen molar-refractivity contribution in [3.63, 3.8) is 0 Å². The van der Waals surface area contributed by atoms with Crippen molar-refractivity contribution in [3.8, 4) is 0 Å². The summed E-state index contributed by atoms with van der Waals surface area (Å²) < 4.78 is 13.4. The third-order valence-electron chi connectivity index (χ3n) is 3.19. The average molecular weight is 270 g/mol. The molecule has 4 nitrogen and oxygen atoms in total. The molecule has 0 aliphatic carbocycles. The minimum absolute atomic E-state index is 0.263. The first kappa shape index (κ1) is 12.5. The van der Waals surface area contributed by atoms with E-state index in [2.05, 4.69) is 9.97 Å². The van der Waals surface area contributed by atoms with Crippen molar-refractivity contribution >= 4 is 28.4 Å². The van der Waals surface area contributed by atoms with E-state index in [9.17, 15) is 4.39 Å². The number of benzene rings is 2. The van der Waals surface area contributed by atoms with Gasteiger partial charge in [-0.15, -0.1) is 0 Å². The molecule has 0 saturated carbocycles. The summed E-state index contributed by atoms with van der Waals surface area (Å²) in [7, 11) is 0. The first-order valence-electron chi connectivity index (χ1n) is 6.45. The predicted octanol–water partition coefficient (Wildman–Crippen LogP) is 3.44. The fourth-order valence-electron chi connectivity index (χ4n) is 2.24. The Balaban J connectivity index is 2.07. The molecule has 102 valence electrons. The number of imidazole rings is 1. The van der Waals surface area contributed by atoms with Gasteiger partial charge in [-0.3, -0.25) is 0 Å². The lowest BCUT2D eigenvalue weighted by Gasteiger charge is -2.19. The van der Waals surface area contributed by atoms with Crippen LogP contribution in [0.3, 0.4) is 0 Å². The summed E-state index contributed by atoms with van der Waals surface area (Å²) >= 11 is 0. The minimum atomic E-state index is -0.263. The summed E-state index contributed by atoms with van der Waals surface area (Å²) in [5.41, 5.74) is 8.91. The molecule has 0 atom stereocenters. The highest BCUT2D eigenvalue weighted by molar-refractivity contribution is 5.81. The number of nitrogen functional groups attached to an aromatic ring is 1. The van der Waals surface area contributed by atoms with Crippen molar-refractivity contribution in [2.75, 3.05) is 17.2 Å². The number of anilines is 3. The van der Waals surface area contributed by atoms with Crippen LogP contribution in [0.5, 0.6) is 0 Å². The van der Waals surface area contributed by atoms with E-state index in [1.807, 2.05) is 36.1 Å². The van der Waals surface area contributed by atoms with Crippen molar-refractivity contribution in [1.82, 2.24) is 9.97 Å². The van der Waals surface area contributed by atoms with Gasteiger partial charge < -0.3 is 15.6 Å². The average Bonchev–Trinajstić information content (AvgIpc) is 2.82. The molecule has 2 aromatic carbocycles. The quantitative estimate of drug-likeness (QED) is 0.717. The van der Waals surface area contributed by atoms with Crippen LogP contribution < -0.4 is 10.6 Å². The van der Waals surface area contributed by atoms with Gasteiger partial charge in [0.15, 0.2) is 0 Å². The van der Waals surface area contributed by atoms with Gasteiger partial charge in [-0.25, -0.2) is 9.37 Å². The van der Waals surface area contributed by atoms with Gasteiger partial charge in [0.25, 0.3) is 0 Å². The predicted molar refractivity (Wildman–Crippen MR) is 79.6 cm³/mol. The van der Waals surface area contributed by atoms with Gasteiger partial charge in [-0.05, 0) is 43.3 Å². The van der Waals surface area contributed by atoms with Gasteiger partial charge in [-0.1, -0.05) is 6.07 Å². The molecule has 5 heteroatoms. The Hall–Kier alpha value is -2.56. The molecule has 0 fully saturated rings. The van der Waals surface area contributed by atoms with Crippen molar-refractivity contribution in [2.24, 2.45) is 0 Å². The van der Waals surface area contributed by atoms with Crippen LogP contribution in [0.4, 0.5) is 21.7 Å². The molecule has 0 unspecified atom stereocenters. The van der Waals surface area contributed by atoms with Gasteiger partial charge >= 0.3 is 0 Å². The highest BCUT2D eigenvalue weighted by Crippen LogP contribution is 2.26. The maximum absolute atomic E-state index is 13.4. The third kappa shape index (κ3) is 2.18. The monoisotopic (exact) mass is 270 g/mol. The summed E-state index contributed by atoms with van der Waals surface area (Å²) in [5, 5.41) is 0. The van der Waals surface area contributed by atoms with Crippen LogP contribution in [0.15, 0.2) is 42.5 Å². The number of hydrogen-bond donors (Lipinski definition) is 2. The van der Waals surface area contributed by atoms with E-state index in [1.54, 1.807) is 6.07 Å². The third-order valence-corrected chi connectivity index (χ3v) is 3.19. The van der Waals surface area contributed by atoms with Crippen LogP contribution in [-0.2, 0) is 0 Å². The Kier molecular flexibility index (Phi) is 3.02. The molecule has 3 aromatic rings. The largest absolute Gasteiger partial charge is 0.399 e. The molecule has 1 aromatic heterocycles. The molecule has 0 aliphatic rings. The topological polar surface area (TPSA) is 57.9 Å². The van der Waals surface area contributed by atoms with E-state index in [0.29, 0.717) is 18.2 Å². The fourth-order valence-corrected chi connectivity index (χ4v) is 2.24. The summed E-state index contributed by atoms with van der Waals surface area (Å²) in [5.74, 6) is 0.417. The minimum Gasteiger partial charge on any atom is -0.399 e. The van der Waals surface area contributed by atoms with Gasteiger partial charge in [0, 0.05) is 17.9 Å². The van der Waals surface area contributed by atoms with Gasteiger partial charge in [0.2, 0.25) is 5.95 Å². The highest BCUT2D eigenvalue weighted by atomic mass is 19.1. The first-order valence-corrected chi connectivity index (χ1v) is 6.45. The summed E-state index contributed by atoms with van der Waals surface area (Å²) in [6.45, 7) is 2.67. The number of nitrogens with zero attached hydrogens (tertiary/aromatic N) is 2. The maximum atomic E-state index is 13.4. The Labute approximate surface area is 116 Å². The number of nitrogens with two attached hydrogens (primary N) is 1. The van der Waals surface area contributed by atoms with E-state index in [0.717, 1.165) is 16.7 Å². The summed E-state index contributed by atoms with van der Waals surface area (Å²) in [4.78, 5) is 9.66. The fraction of sp³-hybridized carbons (Fsp3) is 0.133. The number of nitrogens with one attached hydrogen (secondary N) is 1. The summed E-state index contributed by atoms with van der Waals surface area (Å²) in [6, 6.07) is 12.0. The van der Waals surface area contributed by atoms with Crippen LogP contribution in [0.25, 0.3) is 11.0 Å². The van der Waals surface area contributed by atoms with E-state index in [-0.39, 0.29) is 5.82 Å². The Morgan fingerprint density at radius 1 is 1.25 bits per heavy atom. The lowest BCUT2D eigenvalue weighted by molar-refractivity contribution is 0.627. The van der Waals surface area contributed by atoms with Crippen LogP contribution in [-0.4, -0.2) is 16.5 Å². The zero-order valence-electron chi connectivity index (χ0n) is 11.1. The standard InChI is InChI=1S/C15H15FN4/c1-2-20(12-5-3-4-10(16)8-12)15-18-13-7-6-11(17)9-14(13)19-15/h3-9H,2,17H2,1H3,(H,18,19). The number of halogens is 1. The molecule has 3 rings (SSSR count). The van der Waals surface area contributed by atoms with Crippen LogP contribution in [0.1, 0.15) is 6.92 Å². The molecule has 0 amide bonds. The van der Waals surface area contributed by atoms with Crippen LogP contribution >= 0.6 is 0 Å². The van der Waals surface area contributed by atoms with Crippen molar-refractivity contribution in [2.45, 2.75) is 6.92 Å². The highest BCUT2D eigenvalue weighted by Gasteiger charge is 2.12. The van der Waals surface area contributed by atoms with Crippen molar-refractivity contribution in [3.05, 3.63) is 48.3 Å². The van der Waals surface area contributed by atoms with Crippen molar-refractivity contribution < 1.29 is 4.39 Å². The van der Waals surface area contributed by atoms with Gasteiger partial charge in [-0.2, -0.15) is 0 Å². The van der Waals surface area contributed by atoms with Gasteiger partial charge in [0.05, 0.1) is 11.0 Å². The van der Waals surface area contributed by atoms with E-state index in [4.69, 9.17) is 5.73 Å². The molecule has 0 bridgehead atoms. The zero-order chi connectivity index (χ0) is 14.1. The smallest absolute Gasteiger partial charge is 0.208 e. The Morgan fingerprint density at radius 2 is 2.10 bits per heavy atom. The lowest BCUT2D eigenvalue weighted by Crippen LogP contribution is -2.17. The SMILES string of the molecule is CCN(c1cccc(F)c1)c1nc2ccc(N)cc2[nH]1. The number of fused-ring (bicyclic) bond motifs is 1. The molecular formula is C15H15FN4. The summed E-state index contributed by atoms with van der Waals surface area (Å²) in [6.07, 6.45) is 0. The second-order valence-corrected chi connectivity index (χ2v) is 4.56. The number of hydrogen-bond acceptors (Lipinski definition) is 3. The Morgan fingerprint density at radius 3 is 2.85 bits per heavy atom. The van der Waals surface area contributed by atoms with E-state index >= 15 is 0 Å². The molecular weight excluding hydrogens is 255 g/mol. The molecule has 0 aliphatic heterocycles. The molecule has 0 spiro atoms. The number of rotatable bonds is 3. The van der Waals surface area contributed by atoms with E-state index < -0.39 is 0 Å². The molecule has 0 radical (unpaired) electrons. The lowest BCUT2D eigenvalue weighted by atomic mass is 10.3. The number of aromatic nitrogens is 2. The van der Waals surface area contributed by atoms with Crippen molar-refractivity contribution in [1.29, 1.82) is 0 Å². The normalized spacial score (nSPS) is 10.9. The zero-order valence-corrected chi connectivity index (χ0v) is 11.1. The van der Waals surface area contributed by atoms with Crippen LogP contribution in [0, 0.1) is 5.82 Å². The maximum Gasteiger partial charge on any atom is 0.208 e. The number of H-pyrrole nitrogens is 1. The molecule has 1 heterocycles. The molecule has 20 heavy (non-hydrogen) atoms. The number of aromatic amines is 1. The second-order valence-electron chi connectivity index (χ2n) is 4.56. The van der Waals surface area contributed by atoms with E-state index in [1.165, 1.54) is 12.1 Å². The first-order chi connectivity index (χ1) is 9.67. The van der Waals surface area contributed by atoms with Crippen LogP contribution in [0.2, 0.25) is 0 Å². The second kappa shape index (κ2) is 4.85. The molecule has 3 N–H and O–H groups in total. The van der Waals surface area contributed by atoms with Gasteiger partial charge in [0.1, 0.15) is 5.82 Å².